The SMILES string of the molecule is CCN(C)c1ncc(CNCCOC)cn1. The van der Waals surface area contributed by atoms with Crippen LogP contribution in [0.3, 0.4) is 0 Å². The highest BCUT2D eigenvalue weighted by Crippen LogP contribution is 2.03. The minimum Gasteiger partial charge on any atom is -0.383 e. The van der Waals surface area contributed by atoms with Crippen LogP contribution >= 0.6 is 0 Å². The number of nitrogens with one attached hydrogen (secondary N) is 1. The molecule has 0 saturated carbocycles. The van der Waals surface area contributed by atoms with Gasteiger partial charge in [-0.15, -0.1) is 0 Å². The van der Waals surface area contributed by atoms with E-state index in [1.165, 1.54) is 0 Å². The van der Waals surface area contributed by atoms with E-state index in [0.717, 1.165) is 37.8 Å². The van der Waals surface area contributed by atoms with Crippen molar-refractivity contribution in [3.05, 3.63) is 18.0 Å². The molecule has 1 aromatic heterocycles. The van der Waals surface area contributed by atoms with E-state index in [2.05, 4.69) is 22.2 Å². The van der Waals surface area contributed by atoms with E-state index in [0.29, 0.717) is 0 Å². The molecule has 0 fully saturated rings. The van der Waals surface area contributed by atoms with E-state index in [1.54, 1.807) is 7.11 Å². The standard InChI is InChI=1S/C11H20N4O/c1-4-15(2)11-13-8-10(9-14-11)7-12-5-6-16-3/h8-9,12H,4-7H2,1-3H3. The Balaban J connectivity index is 2.39. The molecule has 0 spiro atoms. The molecule has 0 amide bonds. The van der Waals surface area contributed by atoms with Crippen LogP contribution in [0.2, 0.25) is 0 Å². The van der Waals surface area contributed by atoms with Crippen LogP contribution in [0, 0.1) is 0 Å². The number of aromatic nitrogens is 2. The number of nitrogens with zero attached hydrogens (tertiary/aromatic N) is 3. The minimum atomic E-state index is 0.720. The average Bonchev–Trinajstić information content (AvgIpc) is 2.34. The van der Waals surface area contributed by atoms with Gasteiger partial charge in [-0.3, -0.25) is 0 Å². The summed E-state index contributed by atoms with van der Waals surface area (Å²) in [7, 11) is 3.67. The van der Waals surface area contributed by atoms with Crippen molar-refractivity contribution in [1.29, 1.82) is 0 Å². The average molecular weight is 224 g/mol. The molecule has 0 bridgehead atoms. The molecule has 0 unspecified atom stereocenters. The summed E-state index contributed by atoms with van der Waals surface area (Å²) in [5.41, 5.74) is 1.09. The summed E-state index contributed by atoms with van der Waals surface area (Å²) in [4.78, 5) is 10.6. The smallest absolute Gasteiger partial charge is 0.224 e. The summed E-state index contributed by atoms with van der Waals surface area (Å²) in [6, 6.07) is 0. The fourth-order valence-corrected chi connectivity index (χ4v) is 1.18. The quantitative estimate of drug-likeness (QED) is 0.690. The van der Waals surface area contributed by atoms with Crippen molar-refractivity contribution in [2.24, 2.45) is 0 Å². The molecular weight excluding hydrogens is 204 g/mol. The molecule has 0 aliphatic carbocycles. The zero-order valence-electron chi connectivity index (χ0n) is 10.2. The van der Waals surface area contributed by atoms with Crippen molar-refractivity contribution >= 4 is 5.95 Å². The van der Waals surface area contributed by atoms with Gasteiger partial charge < -0.3 is 15.0 Å². The highest BCUT2D eigenvalue weighted by Gasteiger charge is 2.01. The van der Waals surface area contributed by atoms with E-state index in [4.69, 9.17) is 4.74 Å². The maximum Gasteiger partial charge on any atom is 0.224 e. The maximum atomic E-state index is 4.94. The fourth-order valence-electron chi connectivity index (χ4n) is 1.18. The largest absolute Gasteiger partial charge is 0.383 e. The van der Waals surface area contributed by atoms with E-state index in [1.807, 2.05) is 24.3 Å². The molecule has 1 heterocycles. The second kappa shape index (κ2) is 7.14. The van der Waals surface area contributed by atoms with Gasteiger partial charge in [0.15, 0.2) is 0 Å². The van der Waals surface area contributed by atoms with Crippen molar-refractivity contribution in [3.8, 4) is 0 Å². The number of rotatable bonds is 7. The molecule has 0 aliphatic rings. The second-order valence-corrected chi connectivity index (χ2v) is 3.58. The fraction of sp³-hybridized carbons (Fsp3) is 0.636. The van der Waals surface area contributed by atoms with Gasteiger partial charge in [0.25, 0.3) is 0 Å². The zero-order chi connectivity index (χ0) is 11.8. The first-order chi connectivity index (χ1) is 7.77. The molecule has 16 heavy (non-hydrogen) atoms. The number of anilines is 1. The number of hydrogen-bond acceptors (Lipinski definition) is 5. The molecule has 0 radical (unpaired) electrons. The molecule has 1 aromatic rings. The molecule has 0 aromatic carbocycles. The molecule has 1 N–H and O–H groups in total. The lowest BCUT2D eigenvalue weighted by atomic mass is 10.3. The van der Waals surface area contributed by atoms with Crippen LogP contribution in [-0.4, -0.2) is 43.8 Å². The van der Waals surface area contributed by atoms with Crippen LogP contribution in [0.4, 0.5) is 5.95 Å². The Morgan fingerprint density at radius 1 is 1.38 bits per heavy atom. The number of methoxy groups -OCH3 is 1. The Morgan fingerprint density at radius 3 is 2.62 bits per heavy atom. The van der Waals surface area contributed by atoms with E-state index < -0.39 is 0 Å². The molecule has 1 rings (SSSR count). The number of ether oxygens (including phenoxy) is 1. The third-order valence-corrected chi connectivity index (χ3v) is 2.32. The van der Waals surface area contributed by atoms with E-state index >= 15 is 0 Å². The van der Waals surface area contributed by atoms with Gasteiger partial charge in [-0.2, -0.15) is 0 Å². The van der Waals surface area contributed by atoms with Crippen LogP contribution in [0.25, 0.3) is 0 Å². The summed E-state index contributed by atoms with van der Waals surface area (Å²) in [5, 5.41) is 3.25. The third kappa shape index (κ3) is 4.12. The van der Waals surface area contributed by atoms with Crippen LogP contribution in [0.15, 0.2) is 12.4 Å². The third-order valence-electron chi connectivity index (χ3n) is 2.32. The van der Waals surface area contributed by atoms with Gasteiger partial charge in [0.1, 0.15) is 0 Å². The van der Waals surface area contributed by atoms with Crippen LogP contribution in [-0.2, 0) is 11.3 Å². The van der Waals surface area contributed by atoms with Crippen LogP contribution < -0.4 is 10.2 Å². The van der Waals surface area contributed by atoms with Crippen LogP contribution in [0.5, 0.6) is 0 Å². The highest BCUT2D eigenvalue weighted by atomic mass is 16.5. The Labute approximate surface area is 96.8 Å². The van der Waals surface area contributed by atoms with Gasteiger partial charge in [0.2, 0.25) is 5.95 Å². The Hall–Kier alpha value is -1.20. The van der Waals surface area contributed by atoms with E-state index in [-0.39, 0.29) is 0 Å². The van der Waals surface area contributed by atoms with Gasteiger partial charge in [-0.25, -0.2) is 9.97 Å². The topological polar surface area (TPSA) is 50.3 Å². The van der Waals surface area contributed by atoms with Crippen molar-refractivity contribution in [2.75, 3.05) is 38.8 Å². The maximum absolute atomic E-state index is 4.94. The van der Waals surface area contributed by atoms with Crippen LogP contribution in [0.1, 0.15) is 12.5 Å². The van der Waals surface area contributed by atoms with Gasteiger partial charge in [-0.05, 0) is 6.92 Å². The summed E-state index contributed by atoms with van der Waals surface area (Å²) >= 11 is 0. The summed E-state index contributed by atoms with van der Waals surface area (Å²) in [6.07, 6.45) is 3.71. The molecule has 90 valence electrons. The first-order valence-corrected chi connectivity index (χ1v) is 5.49. The van der Waals surface area contributed by atoms with Gasteiger partial charge >= 0.3 is 0 Å². The predicted molar refractivity (Wildman–Crippen MR) is 64.6 cm³/mol. The molecular formula is C11H20N4O. The Kier molecular flexibility index (Phi) is 5.74. The van der Waals surface area contributed by atoms with Crippen molar-refractivity contribution in [2.45, 2.75) is 13.5 Å². The first kappa shape index (κ1) is 12.9. The summed E-state index contributed by atoms with van der Waals surface area (Å²) in [5.74, 6) is 0.767. The lowest BCUT2D eigenvalue weighted by molar-refractivity contribution is 0.199. The van der Waals surface area contributed by atoms with Gasteiger partial charge in [0, 0.05) is 51.7 Å². The molecule has 5 heteroatoms. The van der Waals surface area contributed by atoms with Crippen molar-refractivity contribution < 1.29 is 4.74 Å². The molecule has 0 saturated heterocycles. The minimum absolute atomic E-state index is 0.720. The predicted octanol–water partition coefficient (Wildman–Crippen LogP) is 0.669. The normalized spacial score (nSPS) is 10.4. The summed E-state index contributed by atoms with van der Waals surface area (Å²) in [6.45, 7) is 5.32. The Morgan fingerprint density at radius 2 is 2.06 bits per heavy atom. The first-order valence-electron chi connectivity index (χ1n) is 5.49. The molecule has 5 nitrogen and oxygen atoms in total. The summed E-state index contributed by atoms with van der Waals surface area (Å²) < 4.78 is 4.94. The lowest BCUT2D eigenvalue weighted by Gasteiger charge is -2.13. The molecule has 0 aliphatic heterocycles. The second-order valence-electron chi connectivity index (χ2n) is 3.58. The molecule has 0 atom stereocenters. The van der Waals surface area contributed by atoms with Gasteiger partial charge in [0.05, 0.1) is 6.61 Å². The van der Waals surface area contributed by atoms with Gasteiger partial charge in [-0.1, -0.05) is 0 Å². The lowest BCUT2D eigenvalue weighted by Crippen LogP contribution is -2.20. The van der Waals surface area contributed by atoms with Crippen molar-refractivity contribution in [1.82, 2.24) is 15.3 Å². The monoisotopic (exact) mass is 224 g/mol. The van der Waals surface area contributed by atoms with E-state index in [9.17, 15) is 0 Å². The highest BCUT2D eigenvalue weighted by molar-refractivity contribution is 5.27. The van der Waals surface area contributed by atoms with Crippen molar-refractivity contribution in [3.63, 3.8) is 0 Å². The Bertz CT molecular complexity index is 289. The zero-order valence-corrected chi connectivity index (χ0v) is 10.2. The number of hydrogen-bond donors (Lipinski definition) is 1.